The Labute approximate surface area is 131 Å². The van der Waals surface area contributed by atoms with Crippen molar-refractivity contribution in [1.82, 2.24) is 4.98 Å². The molecule has 1 aromatic carbocycles. The zero-order chi connectivity index (χ0) is 15.4. The van der Waals surface area contributed by atoms with Crippen molar-refractivity contribution < 1.29 is 19.0 Å². The van der Waals surface area contributed by atoms with Crippen molar-refractivity contribution >= 4 is 17.4 Å². The van der Waals surface area contributed by atoms with Crippen LogP contribution < -0.4 is 9.47 Å². The summed E-state index contributed by atoms with van der Waals surface area (Å²) in [6, 6.07) is 7.63. The van der Waals surface area contributed by atoms with Crippen LogP contribution in [0.1, 0.15) is 17.0 Å². The van der Waals surface area contributed by atoms with Gasteiger partial charge in [-0.05, 0) is 23.3 Å². The van der Waals surface area contributed by atoms with E-state index in [0.29, 0.717) is 11.5 Å². The highest BCUT2D eigenvalue weighted by atomic mass is 16.7. The lowest BCUT2D eigenvalue weighted by Crippen LogP contribution is -2.27. The Balaban J connectivity index is 1.75. The van der Waals surface area contributed by atoms with Crippen LogP contribution in [0, 0.1) is 5.92 Å². The van der Waals surface area contributed by atoms with Crippen LogP contribution in [0.15, 0.2) is 41.7 Å². The van der Waals surface area contributed by atoms with Crippen LogP contribution in [0.4, 0.5) is 5.69 Å². The number of aromatic nitrogens is 1. The molecule has 6 heteroatoms. The van der Waals surface area contributed by atoms with Crippen LogP contribution in [0.25, 0.3) is 0 Å². The molecule has 0 amide bonds. The minimum Gasteiger partial charge on any atom is -0.459 e. The van der Waals surface area contributed by atoms with Crippen LogP contribution in [0.3, 0.4) is 0 Å². The van der Waals surface area contributed by atoms with Gasteiger partial charge in [-0.15, -0.1) is 0 Å². The maximum atomic E-state index is 12.3. The van der Waals surface area contributed by atoms with Crippen molar-refractivity contribution in [2.45, 2.75) is 5.92 Å². The maximum absolute atomic E-state index is 12.3. The summed E-state index contributed by atoms with van der Waals surface area (Å²) < 4.78 is 16.2. The second-order valence-corrected chi connectivity index (χ2v) is 5.72. The molecular weight excluding hydrogens is 296 g/mol. The largest absolute Gasteiger partial charge is 0.459 e. The molecule has 2 unspecified atom stereocenters. The van der Waals surface area contributed by atoms with E-state index in [1.165, 1.54) is 0 Å². The highest BCUT2D eigenvalue weighted by molar-refractivity contribution is 6.11. The molecule has 3 aliphatic rings. The predicted molar refractivity (Wildman–Crippen MR) is 80.2 cm³/mol. The molecular formula is C17H12N2O4. The van der Waals surface area contributed by atoms with Crippen LogP contribution in [0.5, 0.6) is 11.5 Å². The minimum atomic E-state index is -0.396. The Kier molecular flexibility index (Phi) is 2.50. The van der Waals surface area contributed by atoms with Crippen molar-refractivity contribution in [2.24, 2.45) is 10.9 Å². The Hall–Kier alpha value is -2.89. The average Bonchev–Trinajstić information content (AvgIpc) is 3.18. The fourth-order valence-electron chi connectivity index (χ4n) is 3.45. The number of carbonyl (C=O) groups is 1. The van der Waals surface area contributed by atoms with Gasteiger partial charge in [0.1, 0.15) is 12.5 Å². The number of rotatable bonds is 1. The lowest BCUT2D eigenvalue weighted by Gasteiger charge is -2.27. The van der Waals surface area contributed by atoms with Crippen LogP contribution in [0.2, 0.25) is 0 Å². The van der Waals surface area contributed by atoms with Gasteiger partial charge in [0, 0.05) is 24.4 Å². The number of aliphatic imine (C=N–C) groups is 1. The van der Waals surface area contributed by atoms with Gasteiger partial charge in [-0.25, -0.2) is 0 Å². The van der Waals surface area contributed by atoms with Gasteiger partial charge >= 0.3 is 5.97 Å². The molecule has 0 bridgehead atoms. The molecule has 0 radical (unpaired) electrons. The summed E-state index contributed by atoms with van der Waals surface area (Å²) in [5.41, 5.74) is 3.46. The lowest BCUT2D eigenvalue weighted by molar-refractivity contribution is -0.141. The Morgan fingerprint density at radius 2 is 1.96 bits per heavy atom. The van der Waals surface area contributed by atoms with Crippen LogP contribution in [-0.2, 0) is 9.53 Å². The third kappa shape index (κ3) is 1.78. The summed E-state index contributed by atoms with van der Waals surface area (Å²) in [6.45, 7) is 0.450. The molecule has 4 heterocycles. The number of fused-ring (bicyclic) bond motifs is 3. The maximum Gasteiger partial charge on any atom is 0.316 e. The molecule has 2 atom stereocenters. The predicted octanol–water partition coefficient (Wildman–Crippen LogP) is 2.20. The number of benzene rings is 1. The molecule has 1 fully saturated rings. The minimum absolute atomic E-state index is 0.171. The van der Waals surface area contributed by atoms with E-state index in [1.807, 2.05) is 24.3 Å². The molecule has 0 spiro atoms. The molecule has 3 aliphatic heterocycles. The van der Waals surface area contributed by atoms with Gasteiger partial charge in [0.05, 0.1) is 11.4 Å². The fraction of sp³-hybridized carbons (Fsp3) is 0.235. The van der Waals surface area contributed by atoms with Crippen molar-refractivity contribution in [1.29, 1.82) is 0 Å². The van der Waals surface area contributed by atoms with E-state index in [-0.39, 0.29) is 25.3 Å². The average molecular weight is 308 g/mol. The third-order valence-corrected chi connectivity index (χ3v) is 4.47. The van der Waals surface area contributed by atoms with Gasteiger partial charge in [0.2, 0.25) is 6.79 Å². The molecule has 23 heavy (non-hydrogen) atoms. The van der Waals surface area contributed by atoms with E-state index in [4.69, 9.17) is 14.2 Å². The zero-order valence-corrected chi connectivity index (χ0v) is 12.1. The summed E-state index contributed by atoms with van der Waals surface area (Å²) >= 11 is 0. The number of carbonyl (C=O) groups excluding carboxylic acids is 1. The number of pyridine rings is 1. The second kappa shape index (κ2) is 4.55. The van der Waals surface area contributed by atoms with Crippen LogP contribution >= 0.6 is 0 Å². The number of hydrogen-bond acceptors (Lipinski definition) is 6. The first-order chi connectivity index (χ1) is 11.3. The molecule has 114 valence electrons. The standard InChI is InChI=1S/C17H12N2O4/c20-17-16-12(7-21-17)19-11-5-14-13(22-8-23-14)4-10(11)15(16)9-2-1-3-18-6-9/h1-6,15-16H,7-8H2. The van der Waals surface area contributed by atoms with E-state index < -0.39 is 5.92 Å². The van der Waals surface area contributed by atoms with Crippen molar-refractivity contribution in [3.8, 4) is 11.5 Å². The van der Waals surface area contributed by atoms with Gasteiger partial charge in [-0.3, -0.25) is 14.8 Å². The van der Waals surface area contributed by atoms with Crippen molar-refractivity contribution in [3.05, 3.63) is 47.8 Å². The lowest BCUT2D eigenvalue weighted by atomic mass is 9.77. The normalized spacial score (nSPS) is 23.8. The van der Waals surface area contributed by atoms with E-state index in [2.05, 4.69) is 9.98 Å². The number of nitrogens with zero attached hydrogens (tertiary/aromatic N) is 2. The van der Waals surface area contributed by atoms with E-state index >= 15 is 0 Å². The number of cyclic esters (lactones) is 1. The quantitative estimate of drug-likeness (QED) is 0.755. The summed E-state index contributed by atoms with van der Waals surface area (Å²) in [7, 11) is 0. The molecule has 1 aromatic heterocycles. The molecule has 0 saturated carbocycles. The van der Waals surface area contributed by atoms with Gasteiger partial charge < -0.3 is 14.2 Å². The Morgan fingerprint density at radius 1 is 1.09 bits per heavy atom. The van der Waals surface area contributed by atoms with E-state index in [0.717, 1.165) is 22.5 Å². The first-order valence-electron chi connectivity index (χ1n) is 7.39. The topological polar surface area (TPSA) is 70.0 Å². The van der Waals surface area contributed by atoms with E-state index in [1.54, 1.807) is 12.4 Å². The van der Waals surface area contributed by atoms with Gasteiger partial charge in [0.15, 0.2) is 11.5 Å². The number of ether oxygens (including phenoxy) is 3. The first kappa shape index (κ1) is 12.6. The van der Waals surface area contributed by atoms with Gasteiger partial charge in [-0.2, -0.15) is 0 Å². The smallest absolute Gasteiger partial charge is 0.316 e. The molecule has 6 nitrogen and oxygen atoms in total. The van der Waals surface area contributed by atoms with Crippen LogP contribution in [-0.4, -0.2) is 30.1 Å². The fourth-order valence-corrected chi connectivity index (χ4v) is 3.45. The van der Waals surface area contributed by atoms with Crippen molar-refractivity contribution in [2.75, 3.05) is 13.4 Å². The highest BCUT2D eigenvalue weighted by Gasteiger charge is 2.45. The molecule has 1 saturated heterocycles. The Morgan fingerprint density at radius 3 is 2.78 bits per heavy atom. The summed E-state index contributed by atoms with van der Waals surface area (Å²) in [4.78, 5) is 21.1. The zero-order valence-electron chi connectivity index (χ0n) is 12.1. The third-order valence-electron chi connectivity index (χ3n) is 4.47. The first-order valence-corrected chi connectivity index (χ1v) is 7.39. The highest BCUT2D eigenvalue weighted by Crippen LogP contribution is 2.49. The Bertz CT molecular complexity index is 847. The molecule has 2 aromatic rings. The number of esters is 1. The van der Waals surface area contributed by atoms with Crippen molar-refractivity contribution in [3.63, 3.8) is 0 Å². The molecule has 0 N–H and O–H groups in total. The van der Waals surface area contributed by atoms with Gasteiger partial charge in [-0.1, -0.05) is 6.07 Å². The summed E-state index contributed by atoms with van der Waals surface area (Å²) in [5, 5.41) is 0. The SMILES string of the molecule is O=C1OCC2=Nc3cc4c(cc3C(c3cccnc3)C12)OCO4. The van der Waals surface area contributed by atoms with Gasteiger partial charge in [0.25, 0.3) is 0 Å². The summed E-state index contributed by atoms with van der Waals surface area (Å²) in [6.07, 6.45) is 3.50. The second-order valence-electron chi connectivity index (χ2n) is 5.72. The van der Waals surface area contributed by atoms with E-state index in [9.17, 15) is 4.79 Å². The summed E-state index contributed by atoms with van der Waals surface area (Å²) in [5.74, 6) is 0.563. The number of hydrogen-bond donors (Lipinski definition) is 0. The molecule has 5 rings (SSSR count). The molecule has 0 aliphatic carbocycles. The monoisotopic (exact) mass is 308 g/mol.